The van der Waals surface area contributed by atoms with Crippen molar-refractivity contribution < 1.29 is 18.7 Å². The first-order valence-electron chi connectivity index (χ1n) is 10.2. The maximum atomic E-state index is 14.1. The number of carbonyl (C=O) groups is 2. The Hall–Kier alpha value is -3.19. The van der Waals surface area contributed by atoms with Gasteiger partial charge < -0.3 is 15.0 Å². The lowest BCUT2D eigenvalue weighted by Gasteiger charge is -2.29. The van der Waals surface area contributed by atoms with E-state index in [1.54, 1.807) is 30.3 Å². The van der Waals surface area contributed by atoms with Crippen LogP contribution in [0, 0.1) is 5.82 Å². The molecule has 0 bridgehead atoms. The van der Waals surface area contributed by atoms with Gasteiger partial charge in [0.2, 0.25) is 5.91 Å². The van der Waals surface area contributed by atoms with Crippen LogP contribution in [0.15, 0.2) is 60.0 Å². The summed E-state index contributed by atoms with van der Waals surface area (Å²) in [6, 6.07) is 14.3. The number of hydrogen-bond donors (Lipinski definition) is 1. The van der Waals surface area contributed by atoms with Crippen molar-refractivity contribution in [1.29, 1.82) is 0 Å². The van der Waals surface area contributed by atoms with E-state index < -0.39 is 11.9 Å². The van der Waals surface area contributed by atoms with Gasteiger partial charge in [0, 0.05) is 21.7 Å². The Bertz CT molecular complexity index is 1070. The van der Waals surface area contributed by atoms with E-state index in [4.69, 9.17) is 4.74 Å². The van der Waals surface area contributed by atoms with Crippen molar-refractivity contribution in [3.05, 3.63) is 81.8 Å². The van der Waals surface area contributed by atoms with Gasteiger partial charge in [0.25, 0.3) is 5.91 Å². The second-order valence-corrected chi connectivity index (χ2v) is 8.34. The van der Waals surface area contributed by atoms with E-state index in [1.807, 2.05) is 17.5 Å². The molecule has 0 saturated heterocycles. The second-order valence-electron chi connectivity index (χ2n) is 7.36. The quantitative estimate of drug-likeness (QED) is 0.535. The van der Waals surface area contributed by atoms with Crippen LogP contribution < -0.4 is 10.1 Å². The van der Waals surface area contributed by atoms with Crippen molar-refractivity contribution in [2.24, 2.45) is 0 Å². The van der Waals surface area contributed by atoms with Gasteiger partial charge in [0.1, 0.15) is 18.1 Å². The molecule has 3 aromatic rings. The highest BCUT2D eigenvalue weighted by Gasteiger charge is 2.34. The van der Waals surface area contributed by atoms with Crippen LogP contribution in [0.25, 0.3) is 0 Å². The van der Waals surface area contributed by atoms with Crippen molar-refractivity contribution in [1.82, 2.24) is 4.90 Å². The van der Waals surface area contributed by atoms with E-state index in [0.717, 1.165) is 17.7 Å². The number of thiophene rings is 1. The minimum atomic E-state index is -0.572. The minimum absolute atomic E-state index is 0.132. The van der Waals surface area contributed by atoms with Crippen molar-refractivity contribution >= 4 is 28.8 Å². The Morgan fingerprint density at radius 1 is 1.23 bits per heavy atom. The summed E-state index contributed by atoms with van der Waals surface area (Å²) in [5.41, 5.74) is 1.51. The summed E-state index contributed by atoms with van der Waals surface area (Å²) in [5.74, 6) is -0.344. The number of rotatable bonds is 6. The maximum Gasteiger partial charge on any atom is 0.255 e. The minimum Gasteiger partial charge on any atom is -0.494 e. The first-order chi connectivity index (χ1) is 15.1. The molecular weight excluding hydrogens is 415 g/mol. The molecule has 5 nitrogen and oxygen atoms in total. The molecule has 1 atom stereocenters. The van der Waals surface area contributed by atoms with Gasteiger partial charge in [-0.15, -0.1) is 11.3 Å². The lowest BCUT2D eigenvalue weighted by Crippen LogP contribution is -2.38. The number of benzene rings is 2. The molecule has 160 valence electrons. The van der Waals surface area contributed by atoms with Crippen molar-refractivity contribution in [2.45, 2.75) is 25.8 Å². The number of anilines is 1. The number of halogens is 1. The summed E-state index contributed by atoms with van der Waals surface area (Å²) >= 11 is 1.46. The Morgan fingerprint density at radius 3 is 2.74 bits per heavy atom. The van der Waals surface area contributed by atoms with Crippen LogP contribution in [0.1, 0.15) is 46.6 Å². The van der Waals surface area contributed by atoms with Crippen LogP contribution in [-0.2, 0) is 4.79 Å². The third-order valence-corrected chi connectivity index (χ3v) is 6.07. The summed E-state index contributed by atoms with van der Waals surface area (Å²) in [5, 5.41) is 4.70. The predicted molar refractivity (Wildman–Crippen MR) is 119 cm³/mol. The zero-order valence-corrected chi connectivity index (χ0v) is 18.0. The lowest BCUT2D eigenvalue weighted by atomic mass is 10.0. The number of amides is 2. The molecule has 7 heteroatoms. The summed E-state index contributed by atoms with van der Waals surface area (Å²) in [7, 11) is 0. The number of fused-ring (bicyclic) bond motifs is 1. The standard InChI is InChI=1S/C24H23FN2O3S/c1-2-3-12-30-18-9-6-16(7-10-18)24(29)27-15-22(28)26-20-11-8-17(25)14-19(20)23(27)21-5-4-13-31-21/h4-11,13-14,23H,2-3,12,15H2,1H3,(H,26,28). The fourth-order valence-corrected chi connectivity index (χ4v) is 4.47. The Balaban J connectivity index is 1.69. The molecule has 2 amide bonds. The number of ether oxygens (including phenoxy) is 1. The highest BCUT2D eigenvalue weighted by atomic mass is 32.1. The molecule has 0 aliphatic carbocycles. The van der Waals surface area contributed by atoms with Gasteiger partial charge in [-0.2, -0.15) is 0 Å². The normalized spacial score (nSPS) is 15.7. The number of hydrogen-bond acceptors (Lipinski definition) is 4. The fraction of sp³-hybridized carbons (Fsp3) is 0.250. The van der Waals surface area contributed by atoms with Crippen molar-refractivity contribution in [3.63, 3.8) is 0 Å². The summed E-state index contributed by atoms with van der Waals surface area (Å²) in [6.45, 7) is 2.59. The monoisotopic (exact) mass is 438 g/mol. The molecular formula is C24H23FN2O3S. The SMILES string of the molecule is CCCCOc1ccc(C(=O)N2CC(=O)Nc3ccc(F)cc3C2c2cccs2)cc1. The molecule has 2 aromatic carbocycles. The van der Waals surface area contributed by atoms with E-state index in [2.05, 4.69) is 12.2 Å². The second kappa shape index (κ2) is 9.31. The highest BCUT2D eigenvalue weighted by Crippen LogP contribution is 2.38. The molecule has 0 radical (unpaired) electrons. The number of nitrogens with zero attached hydrogens (tertiary/aromatic N) is 1. The molecule has 1 aliphatic rings. The molecule has 0 saturated carbocycles. The summed E-state index contributed by atoms with van der Waals surface area (Å²) in [6.07, 6.45) is 2.00. The summed E-state index contributed by atoms with van der Waals surface area (Å²) in [4.78, 5) is 28.4. The van der Waals surface area contributed by atoms with Gasteiger partial charge >= 0.3 is 0 Å². The van der Waals surface area contributed by atoms with Crippen LogP contribution >= 0.6 is 11.3 Å². The van der Waals surface area contributed by atoms with E-state index in [1.165, 1.54) is 28.4 Å². The van der Waals surface area contributed by atoms with Crippen LogP contribution in [0.3, 0.4) is 0 Å². The third kappa shape index (κ3) is 4.61. The van der Waals surface area contributed by atoms with Crippen LogP contribution in [-0.4, -0.2) is 29.9 Å². The average Bonchev–Trinajstić information content (AvgIpc) is 3.25. The molecule has 0 spiro atoms. The number of carbonyl (C=O) groups excluding carboxylic acids is 2. The first-order valence-corrected chi connectivity index (χ1v) is 11.1. The maximum absolute atomic E-state index is 14.1. The number of nitrogens with one attached hydrogen (secondary N) is 1. The molecule has 0 fully saturated rings. The van der Waals surface area contributed by atoms with Crippen molar-refractivity contribution in [3.8, 4) is 5.75 Å². The molecule has 2 heterocycles. The Morgan fingerprint density at radius 2 is 2.03 bits per heavy atom. The smallest absolute Gasteiger partial charge is 0.255 e. The van der Waals surface area contributed by atoms with Gasteiger partial charge in [-0.1, -0.05) is 19.4 Å². The van der Waals surface area contributed by atoms with Crippen LogP contribution in [0.5, 0.6) is 5.75 Å². The third-order valence-electron chi connectivity index (χ3n) is 5.15. The van der Waals surface area contributed by atoms with E-state index in [9.17, 15) is 14.0 Å². The molecule has 1 aromatic heterocycles. The van der Waals surface area contributed by atoms with Gasteiger partial charge in [-0.3, -0.25) is 9.59 Å². The van der Waals surface area contributed by atoms with Crippen LogP contribution in [0.2, 0.25) is 0 Å². The first kappa shape index (κ1) is 21.1. The fourth-order valence-electron chi connectivity index (χ4n) is 3.61. The Labute approximate surface area is 184 Å². The zero-order chi connectivity index (χ0) is 21.8. The van der Waals surface area contributed by atoms with Crippen molar-refractivity contribution in [2.75, 3.05) is 18.5 Å². The molecule has 1 N–H and O–H groups in total. The van der Waals surface area contributed by atoms with Gasteiger partial charge in [-0.25, -0.2) is 4.39 Å². The molecule has 31 heavy (non-hydrogen) atoms. The average molecular weight is 439 g/mol. The van der Waals surface area contributed by atoms with Gasteiger partial charge in [-0.05, 0) is 60.3 Å². The highest BCUT2D eigenvalue weighted by molar-refractivity contribution is 7.10. The van der Waals surface area contributed by atoms with Crippen LogP contribution in [0.4, 0.5) is 10.1 Å². The van der Waals surface area contributed by atoms with E-state index in [0.29, 0.717) is 29.2 Å². The molecule has 4 rings (SSSR count). The largest absolute Gasteiger partial charge is 0.494 e. The molecule has 1 aliphatic heterocycles. The van der Waals surface area contributed by atoms with Gasteiger partial charge in [0.05, 0.1) is 12.6 Å². The topological polar surface area (TPSA) is 58.6 Å². The predicted octanol–water partition coefficient (Wildman–Crippen LogP) is 5.25. The van der Waals surface area contributed by atoms with E-state index in [-0.39, 0.29) is 18.4 Å². The summed E-state index contributed by atoms with van der Waals surface area (Å²) < 4.78 is 19.8. The molecule has 1 unspecified atom stereocenters. The zero-order valence-electron chi connectivity index (χ0n) is 17.1. The van der Waals surface area contributed by atoms with E-state index >= 15 is 0 Å². The number of unbranched alkanes of at least 4 members (excludes halogenated alkanes) is 1. The Kier molecular flexibility index (Phi) is 6.32. The van der Waals surface area contributed by atoms with Gasteiger partial charge in [0.15, 0.2) is 0 Å². The lowest BCUT2D eigenvalue weighted by molar-refractivity contribution is -0.117.